The van der Waals surface area contributed by atoms with Gasteiger partial charge in [0.05, 0.1) is 11.1 Å². The maximum Gasteiger partial charge on any atom is 0.139 e. The molecule has 0 heterocycles. The van der Waals surface area contributed by atoms with E-state index in [-0.39, 0.29) is 11.1 Å². The highest BCUT2D eigenvalue weighted by atomic mass is 19.1. The fraction of sp³-hybridized carbons (Fsp3) is 0.333. The summed E-state index contributed by atoms with van der Waals surface area (Å²) in [5.74, 6) is 4.19. The molecule has 0 aliphatic carbocycles. The van der Waals surface area contributed by atoms with Gasteiger partial charge in [0.2, 0.25) is 0 Å². The molecule has 0 aliphatic rings. The third-order valence-electron chi connectivity index (χ3n) is 1.77. The van der Waals surface area contributed by atoms with Gasteiger partial charge in [0, 0.05) is 0 Å². The Morgan fingerprint density at radius 3 is 2.33 bits per heavy atom. The molecule has 0 fully saturated rings. The van der Waals surface area contributed by atoms with Gasteiger partial charge in [0.15, 0.2) is 0 Å². The molecule has 1 rings (SSSR count). The molecule has 1 aromatic carbocycles. The van der Waals surface area contributed by atoms with Gasteiger partial charge in [-0.15, -0.1) is 0 Å². The molecule has 0 spiro atoms. The predicted molar refractivity (Wildman–Crippen MR) is 56.2 cm³/mol. The van der Waals surface area contributed by atoms with Gasteiger partial charge >= 0.3 is 0 Å². The van der Waals surface area contributed by atoms with Crippen molar-refractivity contribution < 1.29 is 8.78 Å². The second kappa shape index (κ2) is 4.00. The number of nitrogens with two attached hydrogens (primary N) is 1. The third-order valence-corrected chi connectivity index (χ3v) is 1.77. The molecular weight excluding hydrogens is 196 g/mol. The molecule has 0 atom stereocenters. The molecule has 0 aromatic heterocycles. The number of hydrogen-bond donors (Lipinski definition) is 1. The van der Waals surface area contributed by atoms with E-state index in [4.69, 9.17) is 5.73 Å². The van der Waals surface area contributed by atoms with E-state index in [1.165, 1.54) is 6.92 Å². The molecule has 80 valence electrons. The summed E-state index contributed by atoms with van der Waals surface area (Å²) in [6.45, 7) is 4.90. The SMILES string of the molecule is Cc1cc(F)c(C#CC(C)(C)N)cc1F. The highest BCUT2D eigenvalue weighted by Crippen LogP contribution is 2.13. The summed E-state index contributed by atoms with van der Waals surface area (Å²) >= 11 is 0. The summed E-state index contributed by atoms with van der Waals surface area (Å²) in [5, 5.41) is 0. The first kappa shape index (κ1) is 11.7. The lowest BCUT2D eigenvalue weighted by atomic mass is 10.1. The van der Waals surface area contributed by atoms with E-state index in [1.807, 2.05) is 0 Å². The highest BCUT2D eigenvalue weighted by molar-refractivity contribution is 5.39. The molecule has 0 unspecified atom stereocenters. The lowest BCUT2D eigenvalue weighted by molar-refractivity contribution is 0.589. The molecule has 0 saturated carbocycles. The van der Waals surface area contributed by atoms with Crippen LogP contribution >= 0.6 is 0 Å². The van der Waals surface area contributed by atoms with Crippen molar-refractivity contribution in [2.75, 3.05) is 0 Å². The Labute approximate surface area is 88.3 Å². The summed E-state index contributed by atoms with van der Waals surface area (Å²) in [5.41, 5.74) is 5.20. The Bertz CT molecular complexity index is 433. The van der Waals surface area contributed by atoms with E-state index in [0.717, 1.165) is 12.1 Å². The van der Waals surface area contributed by atoms with Crippen molar-refractivity contribution in [3.8, 4) is 11.8 Å². The summed E-state index contributed by atoms with van der Waals surface area (Å²) < 4.78 is 26.4. The van der Waals surface area contributed by atoms with Gasteiger partial charge in [-0.25, -0.2) is 8.78 Å². The fourth-order valence-corrected chi connectivity index (χ4v) is 0.970. The van der Waals surface area contributed by atoms with Crippen LogP contribution in [0.3, 0.4) is 0 Å². The highest BCUT2D eigenvalue weighted by Gasteiger charge is 2.07. The van der Waals surface area contributed by atoms with Gasteiger partial charge in [-0.2, -0.15) is 0 Å². The molecule has 15 heavy (non-hydrogen) atoms. The average molecular weight is 209 g/mol. The number of aryl methyl sites for hydroxylation is 1. The molecule has 1 aromatic rings. The van der Waals surface area contributed by atoms with Gasteiger partial charge in [-0.3, -0.25) is 0 Å². The van der Waals surface area contributed by atoms with E-state index in [1.54, 1.807) is 13.8 Å². The van der Waals surface area contributed by atoms with Crippen molar-refractivity contribution in [1.82, 2.24) is 0 Å². The molecule has 0 aliphatic heterocycles. The fourth-order valence-electron chi connectivity index (χ4n) is 0.970. The Kier molecular flexibility index (Phi) is 3.11. The van der Waals surface area contributed by atoms with Crippen LogP contribution in [0.1, 0.15) is 25.0 Å². The zero-order chi connectivity index (χ0) is 11.6. The number of hydrogen-bond acceptors (Lipinski definition) is 1. The number of halogens is 2. The summed E-state index contributed by atoms with van der Waals surface area (Å²) in [7, 11) is 0. The zero-order valence-corrected chi connectivity index (χ0v) is 8.99. The van der Waals surface area contributed by atoms with E-state index < -0.39 is 17.2 Å². The Balaban J connectivity index is 3.15. The normalized spacial score (nSPS) is 10.8. The molecule has 0 radical (unpaired) electrons. The van der Waals surface area contributed by atoms with Gasteiger partial charge in [0.25, 0.3) is 0 Å². The monoisotopic (exact) mass is 209 g/mol. The van der Waals surface area contributed by atoms with E-state index >= 15 is 0 Å². The van der Waals surface area contributed by atoms with Crippen LogP contribution in [-0.4, -0.2) is 5.54 Å². The van der Waals surface area contributed by atoms with Crippen molar-refractivity contribution in [3.05, 3.63) is 34.9 Å². The largest absolute Gasteiger partial charge is 0.316 e. The van der Waals surface area contributed by atoms with Crippen LogP contribution in [0, 0.1) is 30.4 Å². The number of rotatable bonds is 0. The molecule has 0 saturated heterocycles. The molecule has 1 nitrogen and oxygen atoms in total. The molecular formula is C12H13F2N. The van der Waals surface area contributed by atoms with Crippen LogP contribution in [0.15, 0.2) is 12.1 Å². The topological polar surface area (TPSA) is 26.0 Å². The van der Waals surface area contributed by atoms with Crippen molar-refractivity contribution in [2.24, 2.45) is 5.73 Å². The third kappa shape index (κ3) is 3.34. The van der Waals surface area contributed by atoms with E-state index in [2.05, 4.69) is 11.8 Å². The summed E-state index contributed by atoms with van der Waals surface area (Å²) in [4.78, 5) is 0. The average Bonchev–Trinajstić information content (AvgIpc) is 2.07. The molecule has 2 N–H and O–H groups in total. The summed E-state index contributed by atoms with van der Waals surface area (Å²) in [6.07, 6.45) is 0. The first-order valence-electron chi connectivity index (χ1n) is 4.57. The second-order valence-corrected chi connectivity index (χ2v) is 4.05. The van der Waals surface area contributed by atoms with E-state index in [0.29, 0.717) is 0 Å². The van der Waals surface area contributed by atoms with Gasteiger partial charge in [0.1, 0.15) is 11.6 Å². The first-order valence-corrected chi connectivity index (χ1v) is 4.57. The van der Waals surface area contributed by atoms with Gasteiger partial charge in [-0.1, -0.05) is 11.8 Å². The first-order chi connectivity index (χ1) is 6.79. The minimum absolute atomic E-state index is 0.0385. The smallest absolute Gasteiger partial charge is 0.139 e. The molecule has 3 heteroatoms. The molecule has 0 bridgehead atoms. The van der Waals surface area contributed by atoms with Crippen LogP contribution < -0.4 is 5.73 Å². The Hall–Kier alpha value is -1.40. The van der Waals surface area contributed by atoms with Crippen molar-refractivity contribution in [1.29, 1.82) is 0 Å². The summed E-state index contributed by atoms with van der Waals surface area (Å²) in [6, 6.07) is 2.21. The van der Waals surface area contributed by atoms with Gasteiger partial charge < -0.3 is 5.73 Å². The van der Waals surface area contributed by atoms with Crippen molar-refractivity contribution in [2.45, 2.75) is 26.3 Å². The zero-order valence-electron chi connectivity index (χ0n) is 8.99. The van der Waals surface area contributed by atoms with E-state index in [9.17, 15) is 8.78 Å². The quantitative estimate of drug-likeness (QED) is 0.652. The van der Waals surface area contributed by atoms with Crippen LogP contribution in [-0.2, 0) is 0 Å². The number of benzene rings is 1. The van der Waals surface area contributed by atoms with Crippen molar-refractivity contribution >= 4 is 0 Å². The lowest BCUT2D eigenvalue weighted by Crippen LogP contribution is -2.29. The van der Waals surface area contributed by atoms with Crippen LogP contribution in [0.2, 0.25) is 0 Å². The van der Waals surface area contributed by atoms with Gasteiger partial charge in [-0.05, 0) is 38.5 Å². The predicted octanol–water partition coefficient (Wildman–Crippen LogP) is 2.36. The minimum atomic E-state index is -0.714. The Morgan fingerprint density at radius 2 is 1.80 bits per heavy atom. The minimum Gasteiger partial charge on any atom is -0.316 e. The molecule has 0 amide bonds. The van der Waals surface area contributed by atoms with Crippen LogP contribution in [0.4, 0.5) is 8.78 Å². The lowest BCUT2D eigenvalue weighted by Gasteiger charge is -2.07. The van der Waals surface area contributed by atoms with Crippen molar-refractivity contribution in [3.63, 3.8) is 0 Å². The van der Waals surface area contributed by atoms with Crippen LogP contribution in [0.25, 0.3) is 0 Å². The maximum absolute atomic E-state index is 13.3. The van der Waals surface area contributed by atoms with Crippen LogP contribution in [0.5, 0.6) is 0 Å². The maximum atomic E-state index is 13.3. The standard InChI is InChI=1S/C12H13F2N/c1-8-6-11(14)9(7-10(8)13)4-5-12(2,3)15/h6-7H,15H2,1-3H3. The Morgan fingerprint density at radius 1 is 1.20 bits per heavy atom. The second-order valence-electron chi connectivity index (χ2n) is 4.05.